The highest BCUT2D eigenvalue weighted by Crippen LogP contribution is 2.20. The average Bonchev–Trinajstić information content (AvgIpc) is 3.01. The molecular formula is C35H47N3O6. The second-order valence-electron chi connectivity index (χ2n) is 11.8. The Morgan fingerprint density at radius 3 is 2.41 bits per heavy atom. The molecule has 1 amide bonds. The van der Waals surface area contributed by atoms with Crippen molar-refractivity contribution in [1.29, 1.82) is 0 Å². The summed E-state index contributed by atoms with van der Waals surface area (Å²) in [4.78, 5) is 66.4. The first-order valence-electron chi connectivity index (χ1n) is 15.9. The highest BCUT2D eigenvalue weighted by molar-refractivity contribution is 5.98. The summed E-state index contributed by atoms with van der Waals surface area (Å²) < 4.78 is 6.26. The molecule has 0 radical (unpaired) electrons. The van der Waals surface area contributed by atoms with E-state index in [0.717, 1.165) is 44.5 Å². The summed E-state index contributed by atoms with van der Waals surface area (Å²) in [6.07, 6.45) is 10.5. The number of hydrogen-bond acceptors (Lipinski definition) is 7. The Hall–Kier alpha value is -4.01. The Morgan fingerprint density at radius 2 is 1.73 bits per heavy atom. The van der Waals surface area contributed by atoms with Gasteiger partial charge >= 0.3 is 5.97 Å². The standard InChI is InChI=1S/C35H47N3O6/c1-4-44-33(41)16-7-6-15-31(36-34(42)27-17-19-29(20-18-27)37-21-8-5-9-22-37)32(40)24-28-13-11-23-38(35(28)43)25-30(39)14-10-12-26(2)3/h7,11,13,16-20,23,26,31H,4-6,8-10,12,14-15,21-22,24-25H2,1-3H3,(H,36,42)/b16-7+/t31-/m0/s1. The number of ether oxygens (including phenoxy) is 1. The fraction of sp³-hybridized carbons (Fsp3) is 0.514. The van der Waals surface area contributed by atoms with Gasteiger partial charge < -0.3 is 19.5 Å². The molecule has 1 aliphatic heterocycles. The van der Waals surface area contributed by atoms with Crippen molar-refractivity contribution in [3.63, 3.8) is 0 Å². The van der Waals surface area contributed by atoms with Crippen LogP contribution in [0.15, 0.2) is 59.5 Å². The van der Waals surface area contributed by atoms with E-state index in [1.165, 1.54) is 17.1 Å². The number of carbonyl (C=O) groups excluding carboxylic acids is 4. The van der Waals surface area contributed by atoms with Crippen LogP contribution in [-0.2, 0) is 32.1 Å². The Kier molecular flexibility index (Phi) is 14.1. The number of carbonyl (C=O) groups is 4. The van der Waals surface area contributed by atoms with Gasteiger partial charge in [0.2, 0.25) is 0 Å². The molecule has 1 saturated heterocycles. The number of esters is 1. The van der Waals surface area contributed by atoms with E-state index in [-0.39, 0.29) is 49.0 Å². The smallest absolute Gasteiger partial charge is 0.330 e. The summed E-state index contributed by atoms with van der Waals surface area (Å²) in [5.74, 6) is -0.711. The third-order valence-corrected chi connectivity index (χ3v) is 7.75. The third kappa shape index (κ3) is 11.2. The zero-order valence-corrected chi connectivity index (χ0v) is 26.4. The minimum Gasteiger partial charge on any atom is -0.463 e. The van der Waals surface area contributed by atoms with E-state index in [1.807, 2.05) is 12.1 Å². The zero-order valence-electron chi connectivity index (χ0n) is 26.4. The second kappa shape index (κ2) is 18.0. The van der Waals surface area contributed by atoms with Crippen molar-refractivity contribution in [2.75, 3.05) is 24.6 Å². The Morgan fingerprint density at radius 1 is 1.00 bits per heavy atom. The van der Waals surface area contributed by atoms with Crippen molar-refractivity contribution >= 4 is 29.1 Å². The van der Waals surface area contributed by atoms with Gasteiger partial charge in [0, 0.05) is 55.0 Å². The molecule has 9 heteroatoms. The van der Waals surface area contributed by atoms with Gasteiger partial charge in [-0.1, -0.05) is 32.4 Å². The number of aromatic nitrogens is 1. The number of pyridine rings is 1. The van der Waals surface area contributed by atoms with E-state index in [4.69, 9.17) is 4.74 Å². The number of piperidine rings is 1. The zero-order chi connectivity index (χ0) is 31.9. The number of anilines is 1. The molecule has 0 bridgehead atoms. The number of allylic oxidation sites excluding steroid dienone is 1. The number of amides is 1. The predicted octanol–water partition coefficient (Wildman–Crippen LogP) is 5.04. The third-order valence-electron chi connectivity index (χ3n) is 7.75. The van der Waals surface area contributed by atoms with E-state index in [9.17, 15) is 24.0 Å². The minimum absolute atomic E-state index is 0.0268. The van der Waals surface area contributed by atoms with Gasteiger partial charge in [-0.3, -0.25) is 19.2 Å². The van der Waals surface area contributed by atoms with Crippen molar-refractivity contribution < 1.29 is 23.9 Å². The number of nitrogens with zero attached hydrogens (tertiary/aromatic N) is 2. The van der Waals surface area contributed by atoms with Crippen LogP contribution in [0.1, 0.15) is 88.1 Å². The quantitative estimate of drug-likeness (QED) is 0.198. The molecule has 1 atom stereocenters. The van der Waals surface area contributed by atoms with Crippen LogP contribution in [0, 0.1) is 5.92 Å². The molecule has 2 aromatic rings. The van der Waals surface area contributed by atoms with Gasteiger partial charge in [-0.15, -0.1) is 0 Å². The summed E-state index contributed by atoms with van der Waals surface area (Å²) >= 11 is 0. The lowest BCUT2D eigenvalue weighted by atomic mass is 9.99. The molecule has 238 valence electrons. The number of benzene rings is 1. The van der Waals surface area contributed by atoms with Crippen LogP contribution in [0.25, 0.3) is 0 Å². The molecule has 1 N–H and O–H groups in total. The van der Waals surface area contributed by atoms with Crippen LogP contribution < -0.4 is 15.8 Å². The molecule has 2 heterocycles. The van der Waals surface area contributed by atoms with Crippen molar-refractivity contribution in [1.82, 2.24) is 9.88 Å². The van der Waals surface area contributed by atoms with Gasteiger partial charge in [-0.05, 0) is 81.7 Å². The van der Waals surface area contributed by atoms with Gasteiger partial charge in [0.05, 0.1) is 19.2 Å². The van der Waals surface area contributed by atoms with Crippen LogP contribution >= 0.6 is 0 Å². The Bertz CT molecular complexity index is 1340. The lowest BCUT2D eigenvalue weighted by molar-refractivity contribution is -0.137. The van der Waals surface area contributed by atoms with Crippen LogP contribution in [-0.4, -0.2) is 53.7 Å². The van der Waals surface area contributed by atoms with Crippen LogP contribution in [0.3, 0.4) is 0 Å². The highest BCUT2D eigenvalue weighted by atomic mass is 16.5. The summed E-state index contributed by atoms with van der Waals surface area (Å²) in [5, 5.41) is 2.85. The van der Waals surface area contributed by atoms with E-state index in [0.29, 0.717) is 24.3 Å². The number of Topliss-reactive ketones (excluding diaryl/α,β-unsaturated/α-hetero) is 2. The molecule has 1 aromatic heterocycles. The summed E-state index contributed by atoms with van der Waals surface area (Å²) in [6.45, 7) is 8.14. The first-order valence-corrected chi connectivity index (χ1v) is 15.9. The van der Waals surface area contributed by atoms with Gasteiger partial charge in [-0.25, -0.2) is 4.79 Å². The van der Waals surface area contributed by atoms with E-state index in [1.54, 1.807) is 43.5 Å². The molecule has 0 spiro atoms. The maximum absolute atomic E-state index is 13.5. The van der Waals surface area contributed by atoms with Crippen LogP contribution in [0.5, 0.6) is 0 Å². The molecule has 1 fully saturated rings. The molecular weight excluding hydrogens is 558 g/mol. The topological polar surface area (TPSA) is 115 Å². The molecule has 3 rings (SSSR count). The maximum atomic E-state index is 13.5. The first-order chi connectivity index (χ1) is 21.2. The number of ketones is 2. The van der Waals surface area contributed by atoms with Gasteiger partial charge in [0.25, 0.3) is 11.5 Å². The lowest BCUT2D eigenvalue weighted by Gasteiger charge is -2.28. The molecule has 0 unspecified atom stereocenters. The predicted molar refractivity (Wildman–Crippen MR) is 172 cm³/mol. The Labute approximate surface area is 260 Å². The number of hydrogen-bond donors (Lipinski definition) is 1. The lowest BCUT2D eigenvalue weighted by Crippen LogP contribution is -2.42. The average molecular weight is 606 g/mol. The number of nitrogens with one attached hydrogen (secondary N) is 1. The minimum atomic E-state index is -0.887. The summed E-state index contributed by atoms with van der Waals surface area (Å²) in [5.41, 5.74) is 1.37. The van der Waals surface area contributed by atoms with E-state index >= 15 is 0 Å². The van der Waals surface area contributed by atoms with Crippen molar-refractivity contribution in [2.24, 2.45) is 5.92 Å². The van der Waals surface area contributed by atoms with Gasteiger partial charge in [0.1, 0.15) is 0 Å². The summed E-state index contributed by atoms with van der Waals surface area (Å²) in [7, 11) is 0. The van der Waals surface area contributed by atoms with Gasteiger partial charge in [-0.2, -0.15) is 0 Å². The highest BCUT2D eigenvalue weighted by Gasteiger charge is 2.23. The molecule has 9 nitrogen and oxygen atoms in total. The molecule has 1 aromatic carbocycles. The summed E-state index contributed by atoms with van der Waals surface area (Å²) in [6, 6.07) is 9.72. The largest absolute Gasteiger partial charge is 0.463 e. The molecule has 0 aliphatic carbocycles. The monoisotopic (exact) mass is 605 g/mol. The van der Waals surface area contributed by atoms with Crippen molar-refractivity contribution in [3.05, 3.63) is 76.2 Å². The van der Waals surface area contributed by atoms with Crippen LogP contribution in [0.2, 0.25) is 0 Å². The molecule has 44 heavy (non-hydrogen) atoms. The van der Waals surface area contributed by atoms with Crippen molar-refractivity contribution in [2.45, 2.75) is 91.1 Å². The van der Waals surface area contributed by atoms with Gasteiger partial charge in [0.15, 0.2) is 11.6 Å². The second-order valence-corrected chi connectivity index (χ2v) is 11.8. The molecule has 0 saturated carbocycles. The fourth-order valence-electron chi connectivity index (χ4n) is 5.30. The number of rotatable bonds is 17. The van der Waals surface area contributed by atoms with Crippen LogP contribution in [0.4, 0.5) is 5.69 Å². The van der Waals surface area contributed by atoms with Crippen molar-refractivity contribution in [3.8, 4) is 0 Å². The maximum Gasteiger partial charge on any atom is 0.330 e. The van der Waals surface area contributed by atoms with E-state index < -0.39 is 17.6 Å². The first kappa shape index (κ1) is 34.5. The fourth-order valence-corrected chi connectivity index (χ4v) is 5.30. The SMILES string of the molecule is CCOC(=O)/C=C/CC[C@H](NC(=O)c1ccc(N2CCCCC2)cc1)C(=O)Cc1cccn(CC(=O)CCCC(C)C)c1=O. The van der Waals surface area contributed by atoms with E-state index in [2.05, 4.69) is 24.1 Å². The normalized spacial score (nSPS) is 14.0. The Balaban J connectivity index is 1.70. The molecule has 1 aliphatic rings.